The van der Waals surface area contributed by atoms with Gasteiger partial charge in [0, 0.05) is 0 Å². The molecule has 0 spiro atoms. The van der Waals surface area contributed by atoms with Crippen LogP contribution in [0, 0.1) is 0 Å². The van der Waals surface area contributed by atoms with Crippen molar-refractivity contribution >= 4 is 11.9 Å². The molecule has 1 N–H and O–H groups in total. The van der Waals surface area contributed by atoms with Crippen LogP contribution in [-0.2, 0) is 19.1 Å². The molecule has 0 aliphatic heterocycles. The molecular weight excluding hydrogens is 224 g/mol. The van der Waals surface area contributed by atoms with Crippen LogP contribution in [0.3, 0.4) is 0 Å². The Kier molecular flexibility index (Phi) is 6.70. The van der Waals surface area contributed by atoms with Crippen LogP contribution in [-0.4, -0.2) is 30.3 Å². The van der Waals surface area contributed by atoms with E-state index in [0.29, 0.717) is 11.8 Å². The van der Waals surface area contributed by atoms with Crippen molar-refractivity contribution in [2.45, 2.75) is 27.7 Å². The molecule has 0 bridgehead atoms. The van der Waals surface area contributed by atoms with E-state index in [9.17, 15) is 9.59 Å². The SMILES string of the molecule is CCOC(=O)C(=C(C)C)/C(=C\O)C(=O)OCC. The van der Waals surface area contributed by atoms with Crippen LogP contribution < -0.4 is 0 Å². The molecule has 0 saturated carbocycles. The molecule has 0 aromatic rings. The number of ether oxygens (including phenoxy) is 2. The third-order valence-electron chi connectivity index (χ3n) is 1.87. The Hall–Kier alpha value is -1.78. The number of hydrogen-bond acceptors (Lipinski definition) is 5. The lowest BCUT2D eigenvalue weighted by molar-refractivity contribution is -0.142. The molecule has 0 aromatic heterocycles. The molecule has 0 saturated heterocycles. The largest absolute Gasteiger partial charge is 0.515 e. The first-order valence-electron chi connectivity index (χ1n) is 5.35. The number of aliphatic hydroxyl groups excluding tert-OH is 1. The highest BCUT2D eigenvalue weighted by molar-refractivity contribution is 6.07. The van der Waals surface area contributed by atoms with E-state index in [4.69, 9.17) is 14.6 Å². The second-order valence-electron chi connectivity index (χ2n) is 3.36. The molecule has 5 heteroatoms. The summed E-state index contributed by atoms with van der Waals surface area (Å²) in [5.41, 5.74) is 0.412. The number of carbonyl (C=O) groups is 2. The molecule has 0 aliphatic rings. The van der Waals surface area contributed by atoms with E-state index in [1.54, 1.807) is 27.7 Å². The summed E-state index contributed by atoms with van der Waals surface area (Å²) in [7, 11) is 0. The summed E-state index contributed by atoms with van der Waals surface area (Å²) in [6, 6.07) is 0. The maximum Gasteiger partial charge on any atom is 0.342 e. The lowest BCUT2D eigenvalue weighted by atomic mass is 10.0. The number of rotatable bonds is 5. The molecule has 5 nitrogen and oxygen atoms in total. The first-order valence-corrected chi connectivity index (χ1v) is 5.35. The van der Waals surface area contributed by atoms with Crippen molar-refractivity contribution < 1.29 is 24.2 Å². The molecule has 0 aliphatic carbocycles. The van der Waals surface area contributed by atoms with Gasteiger partial charge < -0.3 is 14.6 Å². The van der Waals surface area contributed by atoms with Crippen LogP contribution in [0.4, 0.5) is 0 Å². The van der Waals surface area contributed by atoms with Gasteiger partial charge in [-0.15, -0.1) is 0 Å². The van der Waals surface area contributed by atoms with Gasteiger partial charge in [0.2, 0.25) is 0 Å². The van der Waals surface area contributed by atoms with Crippen molar-refractivity contribution in [1.29, 1.82) is 0 Å². The third kappa shape index (κ3) is 4.30. The fraction of sp³-hybridized carbons (Fsp3) is 0.500. The van der Waals surface area contributed by atoms with Crippen LogP contribution in [0.25, 0.3) is 0 Å². The third-order valence-corrected chi connectivity index (χ3v) is 1.87. The van der Waals surface area contributed by atoms with Gasteiger partial charge in [0.1, 0.15) is 5.57 Å². The second kappa shape index (κ2) is 7.49. The number of aliphatic hydroxyl groups is 1. The van der Waals surface area contributed by atoms with Gasteiger partial charge in [-0.1, -0.05) is 5.57 Å². The molecule has 0 radical (unpaired) electrons. The van der Waals surface area contributed by atoms with E-state index in [1.165, 1.54) is 0 Å². The van der Waals surface area contributed by atoms with Crippen molar-refractivity contribution in [3.8, 4) is 0 Å². The van der Waals surface area contributed by atoms with Crippen LogP contribution in [0.15, 0.2) is 23.0 Å². The highest BCUT2D eigenvalue weighted by Gasteiger charge is 2.24. The summed E-state index contributed by atoms with van der Waals surface area (Å²) < 4.78 is 9.57. The number of allylic oxidation sites excluding steroid dienone is 1. The van der Waals surface area contributed by atoms with Gasteiger partial charge in [-0.3, -0.25) is 0 Å². The van der Waals surface area contributed by atoms with Crippen molar-refractivity contribution in [3.63, 3.8) is 0 Å². The van der Waals surface area contributed by atoms with Crippen LogP contribution in [0.5, 0.6) is 0 Å². The number of esters is 2. The van der Waals surface area contributed by atoms with Gasteiger partial charge in [0.15, 0.2) is 0 Å². The summed E-state index contributed by atoms with van der Waals surface area (Å²) in [5.74, 6) is -1.40. The Morgan fingerprint density at radius 2 is 1.53 bits per heavy atom. The van der Waals surface area contributed by atoms with E-state index in [0.717, 1.165) is 0 Å². The fourth-order valence-corrected chi connectivity index (χ4v) is 1.21. The smallest absolute Gasteiger partial charge is 0.342 e. The molecule has 0 atom stereocenters. The Balaban J connectivity index is 5.27. The van der Waals surface area contributed by atoms with Crippen LogP contribution in [0.1, 0.15) is 27.7 Å². The maximum absolute atomic E-state index is 11.7. The first-order chi connectivity index (χ1) is 7.99. The Morgan fingerprint density at radius 3 is 1.88 bits per heavy atom. The highest BCUT2D eigenvalue weighted by Crippen LogP contribution is 2.18. The predicted octanol–water partition coefficient (Wildman–Crippen LogP) is 1.89. The highest BCUT2D eigenvalue weighted by atomic mass is 16.5. The molecule has 0 aromatic carbocycles. The molecule has 96 valence electrons. The fourth-order valence-electron chi connectivity index (χ4n) is 1.21. The van der Waals surface area contributed by atoms with E-state index in [-0.39, 0.29) is 24.4 Å². The summed E-state index contributed by atoms with van der Waals surface area (Å²) in [4.78, 5) is 23.2. The van der Waals surface area contributed by atoms with Crippen LogP contribution >= 0.6 is 0 Å². The lowest BCUT2D eigenvalue weighted by Gasteiger charge is -2.11. The predicted molar refractivity (Wildman–Crippen MR) is 62.4 cm³/mol. The average Bonchev–Trinajstić information content (AvgIpc) is 2.25. The summed E-state index contributed by atoms with van der Waals surface area (Å²) in [5, 5.41) is 9.05. The Labute approximate surface area is 101 Å². The Morgan fingerprint density at radius 1 is 1.06 bits per heavy atom. The van der Waals surface area contributed by atoms with Gasteiger partial charge in [-0.25, -0.2) is 9.59 Å². The lowest BCUT2D eigenvalue weighted by Crippen LogP contribution is -2.18. The minimum atomic E-state index is -0.751. The minimum absolute atomic E-state index is 0.0350. The monoisotopic (exact) mass is 242 g/mol. The van der Waals surface area contributed by atoms with Gasteiger partial charge >= 0.3 is 11.9 Å². The quantitative estimate of drug-likeness (QED) is 0.345. The zero-order valence-corrected chi connectivity index (χ0v) is 10.6. The van der Waals surface area contributed by atoms with E-state index in [2.05, 4.69) is 0 Å². The van der Waals surface area contributed by atoms with Gasteiger partial charge in [0.05, 0.1) is 25.0 Å². The molecule has 0 fully saturated rings. The van der Waals surface area contributed by atoms with E-state index in [1.807, 2.05) is 0 Å². The molecule has 0 heterocycles. The zero-order chi connectivity index (χ0) is 13.4. The summed E-state index contributed by atoms with van der Waals surface area (Å²) in [6.07, 6.45) is 0.567. The number of hydrogen-bond donors (Lipinski definition) is 1. The second-order valence-corrected chi connectivity index (χ2v) is 3.36. The molecular formula is C12H18O5. The summed E-state index contributed by atoms with van der Waals surface area (Å²) >= 11 is 0. The Bertz CT molecular complexity index is 348. The molecule has 0 rings (SSSR count). The van der Waals surface area contributed by atoms with Crippen LogP contribution in [0.2, 0.25) is 0 Å². The van der Waals surface area contributed by atoms with E-state index >= 15 is 0 Å². The van der Waals surface area contributed by atoms with Gasteiger partial charge in [0.25, 0.3) is 0 Å². The first kappa shape index (κ1) is 15.2. The topological polar surface area (TPSA) is 72.8 Å². The minimum Gasteiger partial charge on any atom is -0.515 e. The van der Waals surface area contributed by atoms with Crippen molar-refractivity contribution in [2.75, 3.05) is 13.2 Å². The van der Waals surface area contributed by atoms with Crippen molar-refractivity contribution in [2.24, 2.45) is 0 Å². The normalized spacial score (nSPS) is 10.7. The molecule has 0 amide bonds. The van der Waals surface area contributed by atoms with Crippen molar-refractivity contribution in [3.05, 3.63) is 23.0 Å². The van der Waals surface area contributed by atoms with Crippen molar-refractivity contribution in [1.82, 2.24) is 0 Å². The average molecular weight is 242 g/mol. The standard InChI is InChI=1S/C12H18O5/c1-5-16-11(14)9(7-13)10(8(3)4)12(15)17-6-2/h7,13H,5-6H2,1-4H3/b9-7+. The number of carbonyl (C=O) groups excluding carboxylic acids is 2. The van der Waals surface area contributed by atoms with E-state index < -0.39 is 11.9 Å². The molecule has 0 unspecified atom stereocenters. The zero-order valence-electron chi connectivity index (χ0n) is 10.6. The summed E-state index contributed by atoms with van der Waals surface area (Å²) in [6.45, 7) is 6.95. The molecule has 17 heavy (non-hydrogen) atoms. The maximum atomic E-state index is 11.7. The van der Waals surface area contributed by atoms with Gasteiger partial charge in [-0.05, 0) is 27.7 Å². The van der Waals surface area contributed by atoms with Gasteiger partial charge in [-0.2, -0.15) is 0 Å².